The van der Waals surface area contributed by atoms with E-state index < -0.39 is 10.0 Å². The Balaban J connectivity index is 1.32. The molecule has 1 fully saturated rings. The van der Waals surface area contributed by atoms with Gasteiger partial charge in [0.25, 0.3) is 0 Å². The summed E-state index contributed by atoms with van der Waals surface area (Å²) in [6, 6.07) is 14.2. The highest BCUT2D eigenvalue weighted by Crippen LogP contribution is 2.20. The number of nitrogens with zero attached hydrogens (tertiary/aromatic N) is 1. The van der Waals surface area contributed by atoms with E-state index in [0.717, 1.165) is 38.0 Å². The van der Waals surface area contributed by atoms with Crippen LogP contribution in [-0.4, -0.2) is 37.9 Å². The number of aromatic amines is 1. The Morgan fingerprint density at radius 3 is 2.50 bits per heavy atom. The maximum atomic E-state index is 13.0. The first kappa shape index (κ1) is 20.7. The Morgan fingerprint density at radius 2 is 1.77 bits per heavy atom. The van der Waals surface area contributed by atoms with Gasteiger partial charge < -0.3 is 4.98 Å². The first-order chi connectivity index (χ1) is 14.4. The van der Waals surface area contributed by atoms with Gasteiger partial charge in [-0.15, -0.1) is 0 Å². The maximum Gasteiger partial charge on any atom is 0.248 e. The number of hydrogen-bond donors (Lipinski definition) is 2. The van der Waals surface area contributed by atoms with Gasteiger partial charge in [-0.3, -0.25) is 9.69 Å². The zero-order valence-corrected chi connectivity index (χ0v) is 17.3. The van der Waals surface area contributed by atoms with Crippen LogP contribution < -0.4 is 10.3 Å². The van der Waals surface area contributed by atoms with Crippen molar-refractivity contribution in [3.05, 3.63) is 76.3 Å². The van der Waals surface area contributed by atoms with Gasteiger partial charge in [-0.25, -0.2) is 17.5 Å². The number of fused-ring (bicyclic) bond motifs is 1. The molecule has 2 N–H and O–H groups in total. The summed E-state index contributed by atoms with van der Waals surface area (Å²) in [5, 5.41) is 0.673. The molecule has 0 bridgehead atoms. The van der Waals surface area contributed by atoms with Crippen LogP contribution in [0.4, 0.5) is 4.39 Å². The molecule has 0 aliphatic carbocycles. The van der Waals surface area contributed by atoms with Crippen molar-refractivity contribution in [1.82, 2.24) is 14.6 Å². The summed E-state index contributed by atoms with van der Waals surface area (Å²) in [6.45, 7) is 2.94. The summed E-state index contributed by atoms with van der Waals surface area (Å²) < 4.78 is 41.2. The van der Waals surface area contributed by atoms with Crippen LogP contribution in [0.5, 0.6) is 0 Å². The van der Waals surface area contributed by atoms with Crippen LogP contribution in [0.25, 0.3) is 10.9 Å². The van der Waals surface area contributed by atoms with Crippen molar-refractivity contribution in [1.29, 1.82) is 0 Å². The lowest BCUT2D eigenvalue weighted by atomic mass is 9.97. The number of halogens is 1. The Morgan fingerprint density at radius 1 is 1.03 bits per heavy atom. The van der Waals surface area contributed by atoms with E-state index in [1.54, 1.807) is 30.3 Å². The summed E-state index contributed by atoms with van der Waals surface area (Å²) in [5.74, 6) is 0.0468. The largest absolute Gasteiger partial charge is 0.322 e. The van der Waals surface area contributed by atoms with E-state index in [0.29, 0.717) is 17.4 Å². The minimum Gasteiger partial charge on any atom is -0.322 e. The van der Waals surface area contributed by atoms with E-state index in [2.05, 4.69) is 14.6 Å². The molecular formula is C22H24FN3O3S. The molecule has 1 aromatic heterocycles. The molecule has 0 atom stereocenters. The van der Waals surface area contributed by atoms with Gasteiger partial charge in [-0.2, -0.15) is 0 Å². The molecule has 0 saturated carbocycles. The summed E-state index contributed by atoms with van der Waals surface area (Å²) in [4.78, 5) is 16.6. The molecular weight excluding hydrogens is 405 g/mol. The van der Waals surface area contributed by atoms with Crippen molar-refractivity contribution in [2.24, 2.45) is 5.92 Å². The first-order valence-electron chi connectivity index (χ1n) is 9.99. The fourth-order valence-corrected chi connectivity index (χ4v) is 4.96. The zero-order chi connectivity index (χ0) is 21.1. The molecule has 2 heterocycles. The van der Waals surface area contributed by atoms with Gasteiger partial charge in [0.05, 0.1) is 4.90 Å². The van der Waals surface area contributed by atoms with Crippen LogP contribution in [0.2, 0.25) is 0 Å². The minimum absolute atomic E-state index is 0.191. The lowest BCUT2D eigenvalue weighted by Crippen LogP contribution is -2.38. The molecule has 158 valence electrons. The van der Waals surface area contributed by atoms with E-state index in [4.69, 9.17) is 0 Å². The number of H-pyrrole nitrogens is 1. The van der Waals surface area contributed by atoms with Crippen LogP contribution in [0.3, 0.4) is 0 Å². The quantitative estimate of drug-likeness (QED) is 0.631. The number of rotatable bonds is 6. The first-order valence-corrected chi connectivity index (χ1v) is 11.5. The van der Waals surface area contributed by atoms with Gasteiger partial charge in [0.2, 0.25) is 15.6 Å². The highest BCUT2D eigenvalue weighted by atomic mass is 32.2. The third-order valence-electron chi connectivity index (χ3n) is 5.59. The van der Waals surface area contributed by atoms with Crippen molar-refractivity contribution >= 4 is 20.9 Å². The van der Waals surface area contributed by atoms with E-state index in [9.17, 15) is 17.6 Å². The van der Waals surface area contributed by atoms with Crippen molar-refractivity contribution in [3.63, 3.8) is 0 Å². The molecule has 2 aromatic carbocycles. The molecule has 1 aliphatic rings. The number of benzene rings is 2. The topological polar surface area (TPSA) is 82.3 Å². The van der Waals surface area contributed by atoms with Crippen LogP contribution >= 0.6 is 0 Å². The number of aromatic nitrogens is 1. The summed E-state index contributed by atoms with van der Waals surface area (Å²) in [5.41, 5.74) is 1.46. The van der Waals surface area contributed by atoms with Crippen LogP contribution in [-0.2, 0) is 16.6 Å². The van der Waals surface area contributed by atoms with Crippen molar-refractivity contribution < 1.29 is 12.8 Å². The summed E-state index contributed by atoms with van der Waals surface area (Å²) >= 11 is 0. The Hall–Kier alpha value is -2.55. The molecule has 0 spiro atoms. The normalized spacial score (nSPS) is 16.2. The fourth-order valence-electron chi connectivity index (χ4n) is 3.81. The molecule has 0 unspecified atom stereocenters. The lowest BCUT2D eigenvalue weighted by Gasteiger charge is -2.32. The third kappa shape index (κ3) is 4.95. The summed E-state index contributed by atoms with van der Waals surface area (Å²) in [6.07, 6.45) is 1.81. The van der Waals surface area contributed by atoms with Crippen LogP contribution in [0, 0.1) is 11.7 Å². The monoisotopic (exact) mass is 429 g/mol. The molecule has 0 radical (unpaired) electrons. The van der Waals surface area contributed by atoms with E-state index >= 15 is 0 Å². The smallest absolute Gasteiger partial charge is 0.248 e. The van der Waals surface area contributed by atoms with Gasteiger partial charge in [0, 0.05) is 24.7 Å². The number of pyridine rings is 1. The number of piperidine rings is 1. The predicted octanol–water partition coefficient (Wildman–Crippen LogP) is 2.86. The average Bonchev–Trinajstić information content (AvgIpc) is 2.74. The van der Waals surface area contributed by atoms with E-state index in [1.165, 1.54) is 24.3 Å². The number of sulfonamides is 1. The Bertz CT molecular complexity index is 1180. The minimum atomic E-state index is -3.62. The second kappa shape index (κ2) is 8.67. The molecule has 1 aliphatic heterocycles. The average molecular weight is 430 g/mol. The molecule has 30 heavy (non-hydrogen) atoms. The second-order valence-corrected chi connectivity index (χ2v) is 9.54. The van der Waals surface area contributed by atoms with E-state index in [1.807, 2.05) is 0 Å². The molecule has 8 heteroatoms. The molecule has 4 rings (SSSR count). The Labute approximate surface area is 174 Å². The van der Waals surface area contributed by atoms with Crippen LogP contribution in [0.15, 0.2) is 64.3 Å². The predicted molar refractivity (Wildman–Crippen MR) is 114 cm³/mol. The molecule has 0 amide bonds. The molecule has 3 aromatic rings. The van der Waals surface area contributed by atoms with Crippen molar-refractivity contribution in [2.75, 3.05) is 19.6 Å². The van der Waals surface area contributed by atoms with Crippen LogP contribution in [0.1, 0.15) is 18.4 Å². The highest BCUT2D eigenvalue weighted by molar-refractivity contribution is 7.89. The van der Waals surface area contributed by atoms with Gasteiger partial charge in [-0.05, 0) is 79.2 Å². The second-order valence-electron chi connectivity index (χ2n) is 7.77. The standard InChI is InChI=1S/C22H24FN3O3S/c23-19-4-1-17(2-5-19)15-26-11-9-16(10-12-26)14-24-30(28,29)20-6-7-21-18(13-20)3-8-22(27)25-21/h1-8,13,16,24H,9-12,14-15H2,(H,25,27). The number of hydrogen-bond acceptors (Lipinski definition) is 4. The third-order valence-corrected chi connectivity index (χ3v) is 7.02. The van der Waals surface area contributed by atoms with Gasteiger partial charge in [-0.1, -0.05) is 12.1 Å². The highest BCUT2D eigenvalue weighted by Gasteiger charge is 2.22. The lowest BCUT2D eigenvalue weighted by molar-refractivity contribution is 0.178. The van der Waals surface area contributed by atoms with Crippen molar-refractivity contribution in [3.8, 4) is 0 Å². The SMILES string of the molecule is O=c1ccc2cc(S(=O)(=O)NCC3CCN(Cc4ccc(F)cc4)CC3)ccc2[nH]1. The number of nitrogens with one attached hydrogen (secondary N) is 2. The molecule has 6 nitrogen and oxygen atoms in total. The fraction of sp³-hybridized carbons (Fsp3) is 0.318. The van der Waals surface area contributed by atoms with Gasteiger partial charge in [0.1, 0.15) is 5.82 Å². The summed E-state index contributed by atoms with van der Waals surface area (Å²) in [7, 11) is -3.62. The Kier molecular flexibility index (Phi) is 5.99. The van der Waals surface area contributed by atoms with Gasteiger partial charge >= 0.3 is 0 Å². The zero-order valence-electron chi connectivity index (χ0n) is 16.5. The maximum absolute atomic E-state index is 13.0. The molecule has 1 saturated heterocycles. The number of likely N-dealkylation sites (tertiary alicyclic amines) is 1. The van der Waals surface area contributed by atoms with Gasteiger partial charge in [0.15, 0.2) is 0 Å². The van der Waals surface area contributed by atoms with Crippen molar-refractivity contribution in [2.45, 2.75) is 24.3 Å². The van der Waals surface area contributed by atoms with E-state index in [-0.39, 0.29) is 22.2 Å².